The van der Waals surface area contributed by atoms with Gasteiger partial charge in [0.2, 0.25) is 0 Å². The highest BCUT2D eigenvalue weighted by molar-refractivity contribution is 5.80. The lowest BCUT2D eigenvalue weighted by Gasteiger charge is -2.43. The van der Waals surface area contributed by atoms with Crippen LogP contribution >= 0.6 is 0 Å². The first kappa shape index (κ1) is 25.9. The molecule has 3 rings (SSSR count). The number of benzene rings is 1. The Kier molecular flexibility index (Phi) is 8.71. The van der Waals surface area contributed by atoms with Crippen molar-refractivity contribution in [2.45, 2.75) is 67.5 Å². The summed E-state index contributed by atoms with van der Waals surface area (Å²) >= 11 is 0. The molecule has 0 saturated carbocycles. The molecule has 13 heteroatoms. The van der Waals surface area contributed by atoms with E-state index in [1.807, 2.05) is 0 Å². The summed E-state index contributed by atoms with van der Waals surface area (Å²) in [6.07, 6.45) is -17.1. The summed E-state index contributed by atoms with van der Waals surface area (Å²) in [5, 5.41) is 69.8. The smallest absolute Gasteiger partial charge is 0.251 e. The van der Waals surface area contributed by atoms with Gasteiger partial charge in [-0.15, -0.1) is 0 Å². The van der Waals surface area contributed by atoms with Crippen LogP contribution in [-0.4, -0.2) is 116 Å². The number of aliphatic hydroxyl groups is 7. The lowest BCUT2D eigenvalue weighted by molar-refractivity contribution is -0.334. The Morgan fingerprint density at radius 3 is 1.97 bits per heavy atom. The fourth-order valence-electron chi connectivity index (χ4n) is 3.63. The van der Waals surface area contributed by atoms with E-state index in [2.05, 4.69) is 0 Å². The fraction of sp³-hybridized carbons (Fsp3) is 0.650. The minimum absolute atomic E-state index is 0.371. The van der Waals surface area contributed by atoms with Crippen molar-refractivity contribution in [3.05, 3.63) is 35.9 Å². The lowest BCUT2D eigenvalue weighted by atomic mass is 9.98. The third-order valence-electron chi connectivity index (χ3n) is 5.57. The Morgan fingerprint density at radius 1 is 0.848 bits per heavy atom. The van der Waals surface area contributed by atoms with Crippen molar-refractivity contribution in [1.29, 1.82) is 0 Å². The minimum atomic E-state index is -1.75. The molecule has 1 amide bonds. The van der Waals surface area contributed by atoms with Gasteiger partial charge in [-0.2, -0.15) is 0 Å². The average molecular weight is 475 g/mol. The van der Waals surface area contributed by atoms with E-state index < -0.39 is 86.6 Å². The molecule has 186 valence electrons. The van der Waals surface area contributed by atoms with Crippen LogP contribution < -0.4 is 5.73 Å². The zero-order valence-corrected chi connectivity index (χ0v) is 17.4. The van der Waals surface area contributed by atoms with Crippen LogP contribution in [0.15, 0.2) is 30.3 Å². The molecule has 0 aliphatic carbocycles. The molecule has 0 spiro atoms. The van der Waals surface area contributed by atoms with Crippen LogP contribution in [0, 0.1) is 0 Å². The second-order valence-electron chi connectivity index (χ2n) is 7.87. The van der Waals surface area contributed by atoms with Crippen molar-refractivity contribution in [3.8, 4) is 0 Å². The van der Waals surface area contributed by atoms with Crippen LogP contribution in [0.25, 0.3) is 0 Å². The standard InChI is InChI=1S/C20H29NO12/c21-18(29)17(8-4-2-1-3-5-8)33-20-16(28)14(26)12(24)10(32-20)7-30-19-15(27)13(25)11(23)9(6-22)31-19/h1-5,9-17,19-20,22-28H,6-7H2,(H2,21,29)/t9-,10-,11-,12-,13+,14+,15-,16-,17-,19-,20+/m1/s1. The number of rotatable bonds is 8. The van der Waals surface area contributed by atoms with Crippen LogP contribution in [-0.2, 0) is 23.7 Å². The van der Waals surface area contributed by atoms with E-state index in [0.717, 1.165) is 0 Å². The van der Waals surface area contributed by atoms with Crippen molar-refractivity contribution in [3.63, 3.8) is 0 Å². The van der Waals surface area contributed by atoms with Gasteiger partial charge >= 0.3 is 0 Å². The Morgan fingerprint density at radius 2 is 1.39 bits per heavy atom. The number of aliphatic hydroxyl groups excluding tert-OH is 7. The second-order valence-corrected chi connectivity index (χ2v) is 7.87. The minimum Gasteiger partial charge on any atom is -0.394 e. The first-order valence-corrected chi connectivity index (χ1v) is 10.3. The van der Waals surface area contributed by atoms with Crippen LogP contribution in [0.5, 0.6) is 0 Å². The van der Waals surface area contributed by atoms with Crippen molar-refractivity contribution in [2.24, 2.45) is 5.73 Å². The quantitative estimate of drug-likeness (QED) is 0.179. The largest absolute Gasteiger partial charge is 0.394 e. The maximum absolute atomic E-state index is 11.9. The molecular formula is C20H29NO12. The Balaban J connectivity index is 1.68. The molecule has 13 nitrogen and oxygen atoms in total. The molecule has 1 aromatic carbocycles. The number of ether oxygens (including phenoxy) is 4. The van der Waals surface area contributed by atoms with Crippen molar-refractivity contribution in [2.75, 3.05) is 13.2 Å². The van der Waals surface area contributed by atoms with Gasteiger partial charge in [0.1, 0.15) is 48.8 Å². The molecular weight excluding hydrogens is 446 g/mol. The predicted molar refractivity (Wildman–Crippen MR) is 106 cm³/mol. The fourth-order valence-corrected chi connectivity index (χ4v) is 3.63. The van der Waals surface area contributed by atoms with Crippen LogP contribution in [0.3, 0.4) is 0 Å². The molecule has 0 unspecified atom stereocenters. The third-order valence-corrected chi connectivity index (χ3v) is 5.57. The number of primary amides is 1. The summed E-state index contributed by atoms with van der Waals surface area (Å²) in [6.45, 7) is -1.19. The zero-order chi connectivity index (χ0) is 24.3. The van der Waals surface area contributed by atoms with Crippen molar-refractivity contribution < 1.29 is 59.5 Å². The Labute approximate surface area is 188 Å². The van der Waals surface area contributed by atoms with E-state index in [1.54, 1.807) is 30.3 Å². The van der Waals surface area contributed by atoms with Crippen LogP contribution in [0.4, 0.5) is 0 Å². The lowest BCUT2D eigenvalue weighted by Crippen LogP contribution is -2.62. The average Bonchev–Trinajstić information content (AvgIpc) is 2.81. The molecule has 0 aromatic heterocycles. The van der Waals surface area contributed by atoms with Crippen LogP contribution in [0.1, 0.15) is 11.7 Å². The number of nitrogens with two attached hydrogens (primary N) is 1. The van der Waals surface area contributed by atoms with E-state index in [4.69, 9.17) is 24.7 Å². The van der Waals surface area contributed by atoms with Crippen molar-refractivity contribution >= 4 is 5.91 Å². The molecule has 2 fully saturated rings. The number of amides is 1. The highest BCUT2D eigenvalue weighted by Gasteiger charge is 2.48. The van der Waals surface area contributed by atoms with Gasteiger partial charge in [-0.05, 0) is 5.56 Å². The molecule has 11 atom stereocenters. The first-order valence-electron chi connectivity index (χ1n) is 10.3. The van der Waals surface area contributed by atoms with E-state index in [-0.39, 0.29) is 0 Å². The number of hydrogen-bond acceptors (Lipinski definition) is 12. The van der Waals surface area contributed by atoms with Gasteiger partial charge in [0.05, 0.1) is 13.2 Å². The highest BCUT2D eigenvalue weighted by atomic mass is 16.7. The molecule has 2 aliphatic heterocycles. The van der Waals surface area contributed by atoms with E-state index in [1.165, 1.54) is 0 Å². The third kappa shape index (κ3) is 5.67. The molecule has 2 saturated heterocycles. The SMILES string of the molecule is NC(=O)[C@H](O[C@@H]1O[C@H](CO[C@@H]2O[C@H](CO)[C@@H](O)[C@H](O)[C@H]2O)[C@@H](O)[C@H](O)[C@H]1O)c1ccccc1. The van der Waals surface area contributed by atoms with Gasteiger partial charge in [-0.3, -0.25) is 4.79 Å². The van der Waals surface area contributed by atoms with E-state index in [9.17, 15) is 40.5 Å². The summed E-state index contributed by atoms with van der Waals surface area (Å²) in [4.78, 5) is 11.9. The van der Waals surface area contributed by atoms with Crippen LogP contribution in [0.2, 0.25) is 0 Å². The maximum atomic E-state index is 11.9. The van der Waals surface area contributed by atoms with Gasteiger partial charge in [0.15, 0.2) is 18.7 Å². The summed E-state index contributed by atoms with van der Waals surface area (Å²) in [6, 6.07) is 8.12. The Bertz CT molecular complexity index is 767. The maximum Gasteiger partial charge on any atom is 0.251 e. The van der Waals surface area contributed by atoms with Gasteiger partial charge in [0.25, 0.3) is 5.91 Å². The molecule has 0 bridgehead atoms. The monoisotopic (exact) mass is 475 g/mol. The molecule has 1 aromatic rings. The predicted octanol–water partition coefficient (Wildman–Crippen LogP) is -4.15. The molecule has 9 N–H and O–H groups in total. The Hall–Kier alpha value is -1.75. The molecule has 33 heavy (non-hydrogen) atoms. The number of carbonyl (C=O) groups is 1. The van der Waals surface area contributed by atoms with Gasteiger partial charge in [-0.1, -0.05) is 30.3 Å². The van der Waals surface area contributed by atoms with Gasteiger partial charge < -0.3 is 60.4 Å². The molecule has 2 heterocycles. The zero-order valence-electron chi connectivity index (χ0n) is 17.4. The number of hydrogen-bond donors (Lipinski definition) is 8. The van der Waals surface area contributed by atoms with Gasteiger partial charge in [-0.25, -0.2) is 0 Å². The van der Waals surface area contributed by atoms with E-state index in [0.29, 0.717) is 5.56 Å². The molecule has 0 radical (unpaired) electrons. The number of carbonyl (C=O) groups excluding carboxylic acids is 1. The van der Waals surface area contributed by atoms with E-state index >= 15 is 0 Å². The normalized spacial score (nSPS) is 40.3. The highest BCUT2D eigenvalue weighted by Crippen LogP contribution is 2.29. The first-order chi connectivity index (χ1) is 15.6. The summed E-state index contributed by atoms with van der Waals surface area (Å²) in [7, 11) is 0. The topological polar surface area (TPSA) is 222 Å². The van der Waals surface area contributed by atoms with Gasteiger partial charge in [0, 0.05) is 0 Å². The second kappa shape index (κ2) is 11.1. The molecule has 2 aliphatic rings. The summed E-state index contributed by atoms with van der Waals surface area (Å²) in [5.41, 5.74) is 5.77. The summed E-state index contributed by atoms with van der Waals surface area (Å²) < 4.78 is 21.6. The summed E-state index contributed by atoms with van der Waals surface area (Å²) in [5.74, 6) is -0.883. The van der Waals surface area contributed by atoms with Crippen molar-refractivity contribution in [1.82, 2.24) is 0 Å².